The van der Waals surface area contributed by atoms with Gasteiger partial charge < -0.3 is 5.11 Å². The Hall–Kier alpha value is -0.890. The molecule has 0 saturated heterocycles. The Balaban J connectivity index is 1.57. The molecule has 0 heterocycles. The van der Waals surface area contributed by atoms with Crippen LogP contribution in [0.15, 0.2) is 23.8 Å². The number of fused-ring (bicyclic) bond motifs is 5. The van der Waals surface area contributed by atoms with Crippen LogP contribution in [-0.2, 0) is 4.79 Å². The number of allylic oxidation sites excluding steroid dienone is 3. The van der Waals surface area contributed by atoms with Crippen LogP contribution in [-0.4, -0.2) is 17.0 Å². The van der Waals surface area contributed by atoms with Gasteiger partial charge in [0.15, 0.2) is 5.78 Å². The largest absolute Gasteiger partial charge is 0.393 e. The van der Waals surface area contributed by atoms with Crippen LogP contribution < -0.4 is 0 Å². The molecule has 1 N–H and O–H groups in total. The minimum Gasteiger partial charge on any atom is -0.393 e. The molecule has 3 saturated carbocycles. The third-order valence-electron chi connectivity index (χ3n) is 10.8. The first-order valence-electron chi connectivity index (χ1n) is 13.6. The zero-order chi connectivity index (χ0) is 23.4. The van der Waals surface area contributed by atoms with Gasteiger partial charge in [0.25, 0.3) is 0 Å². The van der Waals surface area contributed by atoms with E-state index in [0.717, 1.165) is 12.8 Å². The first-order valence-corrected chi connectivity index (χ1v) is 13.6. The maximum atomic E-state index is 13.5. The monoisotopic (exact) mass is 440 g/mol. The average molecular weight is 441 g/mol. The summed E-state index contributed by atoms with van der Waals surface area (Å²) in [6, 6.07) is 0. The Bertz CT molecular complexity index is 768. The Kier molecular flexibility index (Phi) is 6.60. The van der Waals surface area contributed by atoms with Crippen molar-refractivity contribution in [3.05, 3.63) is 23.8 Å². The van der Waals surface area contributed by atoms with E-state index in [1.165, 1.54) is 31.3 Å². The summed E-state index contributed by atoms with van der Waals surface area (Å²) < 4.78 is 0. The lowest BCUT2D eigenvalue weighted by molar-refractivity contribution is -0.134. The summed E-state index contributed by atoms with van der Waals surface area (Å²) in [5.74, 6) is 4.86. The van der Waals surface area contributed by atoms with Crippen molar-refractivity contribution in [1.29, 1.82) is 0 Å². The molecule has 0 spiro atoms. The van der Waals surface area contributed by atoms with Gasteiger partial charge in [-0.3, -0.25) is 4.79 Å². The molecule has 4 rings (SSSR count). The summed E-state index contributed by atoms with van der Waals surface area (Å²) in [4.78, 5) is 13.5. The normalized spacial score (nSPS) is 42.9. The predicted molar refractivity (Wildman–Crippen MR) is 133 cm³/mol. The van der Waals surface area contributed by atoms with E-state index in [-0.39, 0.29) is 22.9 Å². The number of ketones is 1. The quantitative estimate of drug-likeness (QED) is 0.458. The molecule has 180 valence electrons. The maximum absolute atomic E-state index is 13.5. The zero-order valence-electron chi connectivity index (χ0n) is 21.7. The van der Waals surface area contributed by atoms with Gasteiger partial charge in [0, 0.05) is 5.92 Å². The van der Waals surface area contributed by atoms with E-state index in [4.69, 9.17) is 0 Å². The van der Waals surface area contributed by atoms with E-state index in [1.54, 1.807) is 0 Å². The molecule has 8 atom stereocenters. The number of hydrogen-bond donors (Lipinski definition) is 1. The number of rotatable bonds is 5. The van der Waals surface area contributed by atoms with Gasteiger partial charge in [0.1, 0.15) is 0 Å². The first kappa shape index (κ1) is 24.2. The topological polar surface area (TPSA) is 37.3 Å². The van der Waals surface area contributed by atoms with Gasteiger partial charge in [0.2, 0.25) is 0 Å². The van der Waals surface area contributed by atoms with E-state index < -0.39 is 0 Å². The number of aliphatic hydroxyl groups excluding tert-OH is 1. The van der Waals surface area contributed by atoms with Gasteiger partial charge in [-0.15, -0.1) is 0 Å². The summed E-state index contributed by atoms with van der Waals surface area (Å²) >= 11 is 0. The van der Waals surface area contributed by atoms with E-state index in [2.05, 4.69) is 60.6 Å². The highest BCUT2D eigenvalue weighted by molar-refractivity contribution is 5.94. The molecular weight excluding hydrogens is 392 g/mol. The van der Waals surface area contributed by atoms with Crippen molar-refractivity contribution in [2.24, 2.45) is 58.2 Å². The molecule has 4 aliphatic carbocycles. The highest BCUT2D eigenvalue weighted by Gasteiger charge is 2.61. The second kappa shape index (κ2) is 8.71. The van der Waals surface area contributed by atoms with Crippen molar-refractivity contribution < 1.29 is 9.90 Å². The van der Waals surface area contributed by atoms with E-state index >= 15 is 0 Å². The third-order valence-corrected chi connectivity index (χ3v) is 10.8. The molecule has 0 amide bonds. The van der Waals surface area contributed by atoms with Crippen LogP contribution in [0.3, 0.4) is 0 Å². The lowest BCUT2D eigenvalue weighted by Crippen LogP contribution is -2.53. The molecule has 0 aromatic rings. The molecule has 0 bridgehead atoms. The minimum atomic E-state index is -0.253. The zero-order valence-corrected chi connectivity index (χ0v) is 21.7. The summed E-state index contributed by atoms with van der Waals surface area (Å²) in [7, 11) is 0. The second-order valence-corrected chi connectivity index (χ2v) is 13.2. The molecule has 0 aliphatic heterocycles. The Morgan fingerprint density at radius 3 is 2.28 bits per heavy atom. The van der Waals surface area contributed by atoms with Crippen molar-refractivity contribution in [3.8, 4) is 0 Å². The van der Waals surface area contributed by atoms with Crippen LogP contribution in [0.2, 0.25) is 0 Å². The molecule has 2 heteroatoms. The van der Waals surface area contributed by atoms with Crippen LogP contribution in [0.1, 0.15) is 93.4 Å². The lowest BCUT2D eigenvalue weighted by Gasteiger charge is -2.57. The van der Waals surface area contributed by atoms with Crippen LogP contribution in [0.5, 0.6) is 0 Å². The van der Waals surface area contributed by atoms with E-state index in [0.29, 0.717) is 53.6 Å². The van der Waals surface area contributed by atoms with Crippen LogP contribution in [0, 0.1) is 58.2 Å². The smallest absolute Gasteiger partial charge is 0.159 e. The molecule has 4 aliphatic rings. The Morgan fingerprint density at radius 2 is 1.62 bits per heavy atom. The van der Waals surface area contributed by atoms with Gasteiger partial charge in [-0.25, -0.2) is 0 Å². The summed E-state index contributed by atoms with van der Waals surface area (Å²) in [6.07, 6.45) is 14.4. The van der Waals surface area contributed by atoms with E-state index in [1.807, 2.05) is 6.08 Å². The molecule has 0 radical (unpaired) electrons. The van der Waals surface area contributed by atoms with E-state index in [9.17, 15) is 9.90 Å². The summed E-state index contributed by atoms with van der Waals surface area (Å²) in [6.45, 7) is 16.7. The standard InChI is InChI=1S/C30H48O2/c1-18(2)23(19(3)4)9-8-20(5)24-10-11-25-28-26(13-15-30(24,25)7)29(6)14-12-22(31)16-21(29)17-27(28)32/h8-9,17-20,22-26,28,31H,10-16H2,1-7H3/b9-8+/t20-,22+,24-,25+,26+,28+,29+,30-/m1/s1. The van der Waals surface area contributed by atoms with Gasteiger partial charge in [-0.2, -0.15) is 0 Å². The van der Waals surface area contributed by atoms with Gasteiger partial charge in [-0.1, -0.05) is 66.2 Å². The summed E-state index contributed by atoms with van der Waals surface area (Å²) in [5, 5.41) is 10.2. The SMILES string of the molecule is CC(C)C(/C=C/[C@@H](C)[C@H]1CC[C@H]2[C@@H]3C(=O)C=C4C[C@@H](O)CC[C@]4(C)[C@H]3CC[C@]12C)C(C)C. The molecule has 3 fully saturated rings. The second-order valence-electron chi connectivity index (χ2n) is 13.2. The maximum Gasteiger partial charge on any atom is 0.159 e. The van der Waals surface area contributed by atoms with Gasteiger partial charge in [-0.05, 0) is 103 Å². The van der Waals surface area contributed by atoms with Crippen LogP contribution in [0.4, 0.5) is 0 Å². The number of hydrogen-bond acceptors (Lipinski definition) is 2. The first-order chi connectivity index (χ1) is 15.0. The fraction of sp³-hybridized carbons (Fsp3) is 0.833. The minimum absolute atomic E-state index is 0.129. The summed E-state index contributed by atoms with van der Waals surface area (Å²) in [5.41, 5.74) is 1.66. The van der Waals surface area contributed by atoms with Crippen molar-refractivity contribution >= 4 is 5.78 Å². The fourth-order valence-corrected chi connectivity index (χ4v) is 8.94. The van der Waals surface area contributed by atoms with Crippen LogP contribution >= 0.6 is 0 Å². The molecule has 0 aromatic carbocycles. The molecule has 32 heavy (non-hydrogen) atoms. The number of carbonyl (C=O) groups is 1. The highest BCUT2D eigenvalue weighted by Crippen LogP contribution is 2.66. The van der Waals surface area contributed by atoms with Crippen LogP contribution in [0.25, 0.3) is 0 Å². The van der Waals surface area contributed by atoms with Crippen molar-refractivity contribution in [1.82, 2.24) is 0 Å². The Morgan fingerprint density at radius 1 is 0.938 bits per heavy atom. The van der Waals surface area contributed by atoms with Gasteiger partial charge >= 0.3 is 0 Å². The third kappa shape index (κ3) is 3.87. The molecular formula is C30H48O2. The van der Waals surface area contributed by atoms with Crippen molar-refractivity contribution in [2.45, 2.75) is 99.5 Å². The van der Waals surface area contributed by atoms with Crippen molar-refractivity contribution in [2.75, 3.05) is 0 Å². The predicted octanol–water partition coefficient (Wildman–Crippen LogP) is 7.23. The highest BCUT2D eigenvalue weighted by atomic mass is 16.3. The van der Waals surface area contributed by atoms with Crippen molar-refractivity contribution in [3.63, 3.8) is 0 Å². The fourth-order valence-electron chi connectivity index (χ4n) is 8.94. The Labute approximate surface area is 197 Å². The molecule has 0 aromatic heterocycles. The molecule has 2 nitrogen and oxygen atoms in total. The molecule has 0 unspecified atom stereocenters. The average Bonchev–Trinajstić information content (AvgIpc) is 3.06. The number of carbonyl (C=O) groups excluding carboxylic acids is 1. The van der Waals surface area contributed by atoms with Gasteiger partial charge in [0.05, 0.1) is 6.10 Å². The lowest BCUT2D eigenvalue weighted by atomic mass is 9.46. The number of aliphatic hydroxyl groups is 1.